The molecule has 9 heteroatoms. The Balaban J connectivity index is 1.31. The van der Waals surface area contributed by atoms with Crippen molar-refractivity contribution < 1.29 is 4.42 Å². The number of nitrogens with zero attached hydrogens (tertiary/aromatic N) is 6. The van der Waals surface area contributed by atoms with Crippen molar-refractivity contribution in [1.29, 1.82) is 0 Å². The first-order valence-corrected chi connectivity index (χ1v) is 10.6. The lowest BCUT2D eigenvalue weighted by atomic mass is 10.0. The first kappa shape index (κ1) is 19.5. The Morgan fingerprint density at radius 2 is 1.97 bits per heavy atom. The molecule has 9 nitrogen and oxygen atoms in total. The fraction of sp³-hybridized carbons (Fsp3) is 0.364. The van der Waals surface area contributed by atoms with Gasteiger partial charge in [0.1, 0.15) is 0 Å². The number of fused-ring (bicyclic) bond motifs is 1. The monoisotopic (exact) mass is 418 g/mol. The molecule has 5 rings (SSSR count). The number of aromatic nitrogens is 5. The number of nitrogens with one attached hydrogen (secondary N) is 1. The zero-order valence-corrected chi connectivity index (χ0v) is 17.7. The van der Waals surface area contributed by atoms with Gasteiger partial charge in [-0.2, -0.15) is 19.5 Å². The predicted octanol–water partition coefficient (Wildman–Crippen LogP) is 3.05. The second-order valence-electron chi connectivity index (χ2n) is 8.05. The molecule has 1 atom stereocenters. The number of nitrogen functional groups attached to an aromatic ring is 1. The molecule has 1 saturated heterocycles. The fourth-order valence-corrected chi connectivity index (χ4v) is 4.24. The van der Waals surface area contributed by atoms with Crippen LogP contribution < -0.4 is 11.1 Å². The summed E-state index contributed by atoms with van der Waals surface area (Å²) >= 11 is 0. The van der Waals surface area contributed by atoms with Crippen molar-refractivity contribution >= 4 is 17.7 Å². The van der Waals surface area contributed by atoms with Crippen LogP contribution in [0.25, 0.3) is 17.4 Å². The lowest BCUT2D eigenvalue weighted by Crippen LogP contribution is -2.35. The molecule has 4 heterocycles. The largest absolute Gasteiger partial charge is 0.461 e. The lowest BCUT2D eigenvalue weighted by molar-refractivity contribution is 0.253. The van der Waals surface area contributed by atoms with Crippen LogP contribution in [-0.4, -0.2) is 48.6 Å². The highest BCUT2D eigenvalue weighted by atomic mass is 16.3. The van der Waals surface area contributed by atoms with E-state index in [1.165, 1.54) is 27.6 Å². The highest BCUT2D eigenvalue weighted by Crippen LogP contribution is 2.24. The van der Waals surface area contributed by atoms with Crippen LogP contribution in [0.2, 0.25) is 0 Å². The Bertz CT molecular complexity index is 1180. The summed E-state index contributed by atoms with van der Waals surface area (Å²) in [7, 11) is 0. The second kappa shape index (κ2) is 7.99. The summed E-state index contributed by atoms with van der Waals surface area (Å²) in [5.41, 5.74) is 10.2. The minimum atomic E-state index is 0.233. The van der Waals surface area contributed by atoms with Crippen molar-refractivity contribution in [1.82, 2.24) is 29.5 Å². The van der Waals surface area contributed by atoms with Crippen molar-refractivity contribution in [2.75, 3.05) is 24.1 Å². The molecule has 1 fully saturated rings. The molecule has 3 aromatic heterocycles. The van der Waals surface area contributed by atoms with E-state index < -0.39 is 0 Å². The van der Waals surface area contributed by atoms with Gasteiger partial charge in [0.15, 0.2) is 5.76 Å². The molecule has 1 aliphatic heterocycles. The van der Waals surface area contributed by atoms with Gasteiger partial charge in [0.25, 0.3) is 5.78 Å². The Hall–Kier alpha value is -3.46. The second-order valence-corrected chi connectivity index (χ2v) is 8.05. The van der Waals surface area contributed by atoms with E-state index >= 15 is 0 Å². The summed E-state index contributed by atoms with van der Waals surface area (Å²) < 4.78 is 6.79. The van der Waals surface area contributed by atoms with Crippen LogP contribution in [0, 0.1) is 13.8 Å². The average Bonchev–Trinajstić information content (AvgIpc) is 3.49. The fourth-order valence-electron chi connectivity index (χ4n) is 4.24. The molecular formula is C22H26N8O. The van der Waals surface area contributed by atoms with Crippen LogP contribution >= 0.6 is 0 Å². The van der Waals surface area contributed by atoms with Crippen LogP contribution in [0.15, 0.2) is 41.0 Å². The van der Waals surface area contributed by atoms with Gasteiger partial charge in [-0.25, -0.2) is 0 Å². The summed E-state index contributed by atoms with van der Waals surface area (Å²) in [5.74, 6) is 2.07. The minimum Gasteiger partial charge on any atom is -0.461 e. The van der Waals surface area contributed by atoms with Crippen LogP contribution in [0.3, 0.4) is 0 Å². The van der Waals surface area contributed by atoms with Crippen LogP contribution in [0.1, 0.15) is 29.5 Å². The SMILES string of the molecule is Cc1cccc(C)c1CN1CCCC1CNc1nc(N)n2nc(-c3ccco3)nc2n1. The number of hydrogen-bond donors (Lipinski definition) is 2. The van der Waals surface area contributed by atoms with E-state index in [0.717, 1.165) is 26.1 Å². The summed E-state index contributed by atoms with van der Waals surface area (Å²) in [5, 5.41) is 7.69. The Morgan fingerprint density at radius 1 is 1.13 bits per heavy atom. The number of furan rings is 1. The van der Waals surface area contributed by atoms with Crippen molar-refractivity contribution in [3.63, 3.8) is 0 Å². The number of aryl methyl sites for hydroxylation is 2. The van der Waals surface area contributed by atoms with Gasteiger partial charge in [0.2, 0.25) is 17.7 Å². The molecule has 0 radical (unpaired) electrons. The lowest BCUT2D eigenvalue weighted by Gasteiger charge is -2.26. The van der Waals surface area contributed by atoms with Gasteiger partial charge >= 0.3 is 0 Å². The molecule has 4 aromatic rings. The van der Waals surface area contributed by atoms with E-state index in [2.05, 4.69) is 62.3 Å². The molecule has 160 valence electrons. The van der Waals surface area contributed by atoms with E-state index in [-0.39, 0.29) is 5.95 Å². The van der Waals surface area contributed by atoms with Gasteiger partial charge in [-0.05, 0) is 62.1 Å². The first-order chi connectivity index (χ1) is 15.1. The molecule has 0 amide bonds. The number of rotatable bonds is 6. The molecule has 0 bridgehead atoms. The Labute approximate surface area is 180 Å². The number of likely N-dealkylation sites (tertiary alicyclic amines) is 1. The highest BCUT2D eigenvalue weighted by Gasteiger charge is 2.25. The third-order valence-electron chi connectivity index (χ3n) is 5.98. The maximum Gasteiger partial charge on any atom is 0.259 e. The summed E-state index contributed by atoms with van der Waals surface area (Å²) in [4.78, 5) is 15.8. The number of hydrogen-bond acceptors (Lipinski definition) is 8. The molecule has 31 heavy (non-hydrogen) atoms. The average molecular weight is 419 g/mol. The molecule has 1 unspecified atom stereocenters. The molecule has 0 spiro atoms. The summed E-state index contributed by atoms with van der Waals surface area (Å²) in [6.07, 6.45) is 3.91. The Kier molecular flexibility index (Phi) is 5.03. The first-order valence-electron chi connectivity index (χ1n) is 10.6. The predicted molar refractivity (Wildman–Crippen MR) is 119 cm³/mol. The van der Waals surface area contributed by atoms with E-state index in [0.29, 0.717) is 29.4 Å². The minimum absolute atomic E-state index is 0.233. The molecule has 1 aromatic carbocycles. The zero-order chi connectivity index (χ0) is 21.4. The summed E-state index contributed by atoms with van der Waals surface area (Å²) in [6.45, 7) is 7.18. The normalized spacial score (nSPS) is 16.9. The van der Waals surface area contributed by atoms with Crippen molar-refractivity contribution in [3.05, 3.63) is 53.3 Å². The Morgan fingerprint density at radius 3 is 2.74 bits per heavy atom. The van der Waals surface area contributed by atoms with Crippen LogP contribution in [0.5, 0.6) is 0 Å². The van der Waals surface area contributed by atoms with Crippen molar-refractivity contribution in [2.24, 2.45) is 0 Å². The van der Waals surface area contributed by atoms with Gasteiger partial charge < -0.3 is 15.5 Å². The standard InChI is InChI=1S/C22H26N8O/c1-14-6-3-7-15(2)17(14)13-29-10-4-8-16(29)12-24-21-26-20(23)30-22(27-21)25-19(28-30)18-9-5-11-31-18/h3,5-7,9,11,16H,4,8,10,12-13H2,1-2H3,(H3,23,24,25,26,27,28). The molecule has 0 saturated carbocycles. The number of anilines is 2. The molecule has 1 aliphatic rings. The zero-order valence-electron chi connectivity index (χ0n) is 17.7. The molecular weight excluding hydrogens is 392 g/mol. The van der Waals surface area contributed by atoms with Crippen molar-refractivity contribution in [2.45, 2.75) is 39.3 Å². The van der Waals surface area contributed by atoms with E-state index in [9.17, 15) is 0 Å². The number of benzene rings is 1. The third kappa shape index (κ3) is 3.84. The smallest absolute Gasteiger partial charge is 0.259 e. The maximum absolute atomic E-state index is 6.10. The maximum atomic E-state index is 6.10. The van der Waals surface area contributed by atoms with Gasteiger partial charge in [-0.15, -0.1) is 5.10 Å². The highest BCUT2D eigenvalue weighted by molar-refractivity contribution is 5.52. The van der Waals surface area contributed by atoms with E-state index in [1.54, 1.807) is 18.4 Å². The summed E-state index contributed by atoms with van der Waals surface area (Å²) in [6, 6.07) is 10.5. The molecule has 0 aliphatic carbocycles. The van der Waals surface area contributed by atoms with E-state index in [4.69, 9.17) is 10.2 Å². The van der Waals surface area contributed by atoms with Gasteiger partial charge in [0, 0.05) is 19.1 Å². The molecule has 3 N–H and O–H groups in total. The topological polar surface area (TPSA) is 110 Å². The quantitative estimate of drug-likeness (QED) is 0.492. The van der Waals surface area contributed by atoms with Crippen molar-refractivity contribution in [3.8, 4) is 11.6 Å². The van der Waals surface area contributed by atoms with Crippen LogP contribution in [-0.2, 0) is 6.54 Å². The van der Waals surface area contributed by atoms with Gasteiger partial charge in [-0.3, -0.25) is 4.90 Å². The van der Waals surface area contributed by atoms with Gasteiger partial charge in [0.05, 0.1) is 6.26 Å². The third-order valence-corrected chi connectivity index (χ3v) is 5.98. The van der Waals surface area contributed by atoms with Crippen LogP contribution in [0.4, 0.5) is 11.9 Å². The number of nitrogens with two attached hydrogens (primary N) is 1. The van der Waals surface area contributed by atoms with E-state index in [1.807, 2.05) is 0 Å². The van der Waals surface area contributed by atoms with Gasteiger partial charge in [-0.1, -0.05) is 18.2 Å².